The highest BCUT2D eigenvalue weighted by Gasteiger charge is 2.22. The molecule has 0 saturated carbocycles. The number of carbonyl (C=O) groups is 3. The Bertz CT molecular complexity index is 594. The average Bonchev–Trinajstić information content (AvgIpc) is 2.34. The van der Waals surface area contributed by atoms with Crippen LogP contribution in [0.15, 0.2) is 12.1 Å². The number of rotatable bonds is 5. The molecule has 3 amide bonds. The van der Waals surface area contributed by atoms with Crippen LogP contribution in [-0.4, -0.2) is 29.1 Å². The Balaban J connectivity index is 2.79. The number of anilines is 1. The molecule has 0 aliphatic heterocycles. The number of benzene rings is 1. The van der Waals surface area contributed by atoms with Crippen LogP contribution in [0.4, 0.5) is 10.5 Å². The van der Waals surface area contributed by atoms with Crippen LogP contribution in [0.5, 0.6) is 0 Å². The molecule has 7 nitrogen and oxygen atoms in total. The third-order valence-corrected chi connectivity index (χ3v) is 3.30. The summed E-state index contributed by atoms with van der Waals surface area (Å²) in [6.07, 6.45) is -0.544. The Labute approximate surface area is 134 Å². The van der Waals surface area contributed by atoms with Crippen molar-refractivity contribution in [2.75, 3.05) is 5.32 Å². The molecule has 0 aromatic heterocycles. The van der Waals surface area contributed by atoms with Gasteiger partial charge in [0, 0.05) is 0 Å². The third-order valence-electron chi connectivity index (χ3n) is 2.27. The van der Waals surface area contributed by atoms with Gasteiger partial charge in [0.25, 0.3) is 0 Å². The van der Waals surface area contributed by atoms with E-state index < -0.39 is 30.4 Å². The van der Waals surface area contributed by atoms with Gasteiger partial charge in [-0.1, -0.05) is 34.8 Å². The Morgan fingerprint density at radius 2 is 1.71 bits per heavy atom. The maximum atomic E-state index is 11.7. The van der Waals surface area contributed by atoms with Crippen molar-refractivity contribution >= 4 is 58.4 Å². The van der Waals surface area contributed by atoms with Crippen LogP contribution in [0, 0.1) is 0 Å². The second kappa shape index (κ2) is 7.35. The molecule has 0 fully saturated rings. The zero-order valence-electron chi connectivity index (χ0n) is 10.3. The van der Waals surface area contributed by atoms with Crippen LogP contribution < -0.4 is 16.4 Å². The number of hydrogen-bond acceptors (Lipinski definition) is 3. The van der Waals surface area contributed by atoms with Crippen LogP contribution in [0.25, 0.3) is 0 Å². The van der Waals surface area contributed by atoms with Gasteiger partial charge >= 0.3 is 12.0 Å². The molecule has 0 unspecified atom stereocenters. The monoisotopic (exact) mass is 353 g/mol. The van der Waals surface area contributed by atoms with E-state index in [1.807, 2.05) is 0 Å². The number of carbonyl (C=O) groups excluding carboxylic acids is 2. The molecule has 0 heterocycles. The highest BCUT2D eigenvalue weighted by Crippen LogP contribution is 2.32. The lowest BCUT2D eigenvalue weighted by Crippen LogP contribution is -2.45. The normalized spacial score (nSPS) is 11.6. The van der Waals surface area contributed by atoms with Gasteiger partial charge in [-0.3, -0.25) is 4.79 Å². The second-order valence-electron chi connectivity index (χ2n) is 3.91. The number of nitrogens with two attached hydrogens (primary N) is 1. The van der Waals surface area contributed by atoms with Crippen LogP contribution in [0.2, 0.25) is 15.1 Å². The summed E-state index contributed by atoms with van der Waals surface area (Å²) in [5.74, 6) is -2.26. The van der Waals surface area contributed by atoms with Crippen molar-refractivity contribution in [3.63, 3.8) is 0 Å². The first-order valence-corrected chi connectivity index (χ1v) is 6.57. The molecule has 21 heavy (non-hydrogen) atoms. The van der Waals surface area contributed by atoms with E-state index in [2.05, 4.69) is 10.6 Å². The molecule has 0 aliphatic carbocycles. The molecule has 1 rings (SSSR count). The maximum absolute atomic E-state index is 11.7. The zero-order chi connectivity index (χ0) is 16.2. The summed E-state index contributed by atoms with van der Waals surface area (Å²) in [6.45, 7) is 0. The SMILES string of the molecule is NC(=O)C[C@@H](NC(=O)Nc1cc(Cl)c(Cl)cc1Cl)C(=O)O. The van der Waals surface area contributed by atoms with E-state index >= 15 is 0 Å². The number of carboxylic acids is 1. The number of amides is 3. The first-order chi connectivity index (χ1) is 9.70. The summed E-state index contributed by atoms with van der Waals surface area (Å²) in [5, 5.41) is 13.7. The zero-order valence-corrected chi connectivity index (χ0v) is 12.6. The van der Waals surface area contributed by atoms with Crippen LogP contribution in [0.1, 0.15) is 6.42 Å². The summed E-state index contributed by atoms with van der Waals surface area (Å²) < 4.78 is 0. The highest BCUT2D eigenvalue weighted by atomic mass is 35.5. The first-order valence-electron chi connectivity index (χ1n) is 5.44. The third kappa shape index (κ3) is 5.30. The van der Waals surface area contributed by atoms with E-state index in [1.54, 1.807) is 0 Å². The van der Waals surface area contributed by atoms with Crippen molar-refractivity contribution in [2.24, 2.45) is 5.73 Å². The summed E-state index contributed by atoms with van der Waals surface area (Å²) in [6, 6.07) is 0.280. The van der Waals surface area contributed by atoms with Crippen molar-refractivity contribution in [3.05, 3.63) is 27.2 Å². The minimum atomic E-state index is -1.45. The number of halogens is 3. The minimum Gasteiger partial charge on any atom is -0.480 e. The lowest BCUT2D eigenvalue weighted by Gasteiger charge is -2.14. The van der Waals surface area contributed by atoms with Gasteiger partial charge in [0.1, 0.15) is 6.04 Å². The molecule has 0 bridgehead atoms. The number of hydrogen-bond donors (Lipinski definition) is 4. The number of primary amides is 1. The Morgan fingerprint density at radius 1 is 1.14 bits per heavy atom. The number of urea groups is 1. The Morgan fingerprint density at radius 3 is 2.24 bits per heavy atom. The van der Waals surface area contributed by atoms with Crippen LogP contribution in [-0.2, 0) is 9.59 Å². The van der Waals surface area contributed by atoms with Crippen LogP contribution >= 0.6 is 34.8 Å². The van der Waals surface area contributed by atoms with Gasteiger partial charge in [0.2, 0.25) is 5.91 Å². The molecule has 114 valence electrons. The summed E-state index contributed by atoms with van der Waals surface area (Å²) >= 11 is 17.4. The second-order valence-corrected chi connectivity index (χ2v) is 5.13. The fourth-order valence-corrected chi connectivity index (χ4v) is 1.93. The minimum absolute atomic E-state index is 0.112. The highest BCUT2D eigenvalue weighted by molar-refractivity contribution is 6.44. The van der Waals surface area contributed by atoms with E-state index in [0.717, 1.165) is 0 Å². The molecule has 10 heteroatoms. The van der Waals surface area contributed by atoms with Gasteiger partial charge in [-0.15, -0.1) is 0 Å². The van der Waals surface area contributed by atoms with Crippen molar-refractivity contribution < 1.29 is 19.5 Å². The molecule has 5 N–H and O–H groups in total. The topological polar surface area (TPSA) is 122 Å². The van der Waals surface area contributed by atoms with Gasteiger partial charge in [-0.2, -0.15) is 0 Å². The molecular formula is C11H10Cl3N3O4. The number of carboxylic acid groups (broad SMARTS) is 1. The summed E-state index contributed by atoms with van der Waals surface area (Å²) in [7, 11) is 0. The van der Waals surface area contributed by atoms with Gasteiger partial charge in [-0.25, -0.2) is 9.59 Å². The fourth-order valence-electron chi connectivity index (χ4n) is 1.34. The molecular weight excluding hydrogens is 344 g/mol. The number of nitrogens with one attached hydrogen (secondary N) is 2. The molecule has 1 aromatic carbocycles. The summed E-state index contributed by atoms with van der Waals surface area (Å²) in [5.41, 5.74) is 5.02. The number of aliphatic carboxylic acids is 1. The van der Waals surface area contributed by atoms with Crippen LogP contribution in [0.3, 0.4) is 0 Å². The molecule has 1 atom stereocenters. The van der Waals surface area contributed by atoms with E-state index in [9.17, 15) is 14.4 Å². The lowest BCUT2D eigenvalue weighted by atomic mass is 10.2. The van der Waals surface area contributed by atoms with Gasteiger partial charge in [0.15, 0.2) is 0 Å². The molecule has 1 aromatic rings. The van der Waals surface area contributed by atoms with Gasteiger partial charge in [0.05, 0.1) is 27.2 Å². The van der Waals surface area contributed by atoms with E-state index in [4.69, 9.17) is 45.6 Å². The van der Waals surface area contributed by atoms with E-state index in [0.29, 0.717) is 0 Å². The standard InChI is InChI=1S/C11H10Cl3N3O4/c12-4-1-6(14)7(2-5(4)13)16-11(21)17-8(10(19)20)3-9(15)18/h1-2,8H,3H2,(H2,15,18)(H,19,20)(H2,16,17,21)/t8-/m1/s1. The van der Waals surface area contributed by atoms with Gasteiger partial charge < -0.3 is 21.5 Å². The van der Waals surface area contributed by atoms with Crippen molar-refractivity contribution in [3.8, 4) is 0 Å². The molecule has 0 spiro atoms. The predicted octanol–water partition coefficient (Wildman–Crippen LogP) is 2.10. The van der Waals surface area contributed by atoms with Crippen molar-refractivity contribution in [2.45, 2.75) is 12.5 Å². The maximum Gasteiger partial charge on any atom is 0.326 e. The molecule has 0 saturated heterocycles. The fraction of sp³-hybridized carbons (Fsp3) is 0.182. The Kier molecular flexibility index (Phi) is 6.07. The molecule has 0 aliphatic rings. The average molecular weight is 355 g/mol. The lowest BCUT2D eigenvalue weighted by molar-refractivity contribution is -0.140. The van der Waals surface area contributed by atoms with Gasteiger partial charge in [-0.05, 0) is 12.1 Å². The van der Waals surface area contributed by atoms with E-state index in [-0.39, 0.29) is 20.8 Å². The van der Waals surface area contributed by atoms with Crippen molar-refractivity contribution in [1.82, 2.24) is 5.32 Å². The van der Waals surface area contributed by atoms with Crippen molar-refractivity contribution in [1.29, 1.82) is 0 Å². The predicted molar refractivity (Wildman–Crippen MR) is 78.9 cm³/mol. The quantitative estimate of drug-likeness (QED) is 0.605. The largest absolute Gasteiger partial charge is 0.480 e. The van der Waals surface area contributed by atoms with E-state index in [1.165, 1.54) is 12.1 Å². The Hall–Kier alpha value is -1.70. The molecule has 0 radical (unpaired) electrons. The first kappa shape index (κ1) is 17.4. The smallest absolute Gasteiger partial charge is 0.326 e. The summed E-state index contributed by atoms with van der Waals surface area (Å²) in [4.78, 5) is 33.3.